The van der Waals surface area contributed by atoms with Crippen molar-refractivity contribution in [3.63, 3.8) is 0 Å². The minimum Gasteiger partial charge on any atom is -0.381 e. The van der Waals surface area contributed by atoms with Gasteiger partial charge in [0.15, 0.2) is 0 Å². The molecule has 0 radical (unpaired) electrons. The van der Waals surface area contributed by atoms with E-state index in [1.807, 2.05) is 20.8 Å². The fourth-order valence-corrected chi connectivity index (χ4v) is 4.94. The van der Waals surface area contributed by atoms with Crippen molar-refractivity contribution in [2.24, 2.45) is 0 Å². The average Bonchev–Trinajstić information content (AvgIpc) is 2.70. The lowest BCUT2D eigenvalue weighted by Gasteiger charge is -2.28. The van der Waals surface area contributed by atoms with Crippen molar-refractivity contribution in [1.82, 2.24) is 4.31 Å². The van der Waals surface area contributed by atoms with Gasteiger partial charge in [0.25, 0.3) is 0 Å². The van der Waals surface area contributed by atoms with Gasteiger partial charge in [-0.15, -0.1) is 0 Å². The first kappa shape index (κ1) is 22.6. The molecule has 0 spiro atoms. The van der Waals surface area contributed by atoms with Gasteiger partial charge in [-0.2, -0.15) is 4.31 Å². The third kappa shape index (κ3) is 5.68. The number of piperidine rings is 1. The minimum atomic E-state index is -3.56. The fourth-order valence-electron chi connectivity index (χ4n) is 3.39. The number of nitrogens with zero attached hydrogens (tertiary/aromatic N) is 2. The second kappa shape index (κ2) is 10.8. The molecule has 8 heteroatoms. The molecule has 1 aliphatic rings. The predicted molar refractivity (Wildman–Crippen MR) is 112 cm³/mol. The van der Waals surface area contributed by atoms with Gasteiger partial charge < -0.3 is 15.0 Å². The Morgan fingerprint density at radius 2 is 1.82 bits per heavy atom. The molecule has 0 atom stereocenters. The highest BCUT2D eigenvalue weighted by molar-refractivity contribution is 7.89. The third-order valence-electron chi connectivity index (χ3n) is 4.98. The number of benzene rings is 1. The molecule has 0 saturated carbocycles. The molecule has 0 aliphatic carbocycles. The molecule has 28 heavy (non-hydrogen) atoms. The first-order valence-corrected chi connectivity index (χ1v) is 11.6. The van der Waals surface area contributed by atoms with Gasteiger partial charge in [0.2, 0.25) is 15.9 Å². The van der Waals surface area contributed by atoms with Crippen molar-refractivity contribution < 1.29 is 17.9 Å². The Balaban J connectivity index is 2.32. The van der Waals surface area contributed by atoms with E-state index in [1.54, 1.807) is 22.5 Å². The van der Waals surface area contributed by atoms with E-state index < -0.39 is 10.0 Å². The third-order valence-corrected chi connectivity index (χ3v) is 6.87. The molecule has 1 amide bonds. The number of rotatable bonds is 10. The smallest absolute Gasteiger partial charge is 0.243 e. The van der Waals surface area contributed by atoms with Crippen LogP contribution in [0.4, 0.5) is 11.4 Å². The maximum Gasteiger partial charge on any atom is 0.243 e. The molecule has 1 heterocycles. The Labute approximate surface area is 169 Å². The van der Waals surface area contributed by atoms with Crippen LogP contribution >= 0.6 is 0 Å². The Bertz CT molecular complexity index is 742. The molecule has 7 nitrogen and oxygen atoms in total. The van der Waals surface area contributed by atoms with Crippen LogP contribution < -0.4 is 10.2 Å². The highest BCUT2D eigenvalue weighted by Gasteiger charge is 2.27. The van der Waals surface area contributed by atoms with Gasteiger partial charge in [0.1, 0.15) is 0 Å². The van der Waals surface area contributed by atoms with Gasteiger partial charge in [-0.05, 0) is 51.8 Å². The second-order valence-corrected chi connectivity index (χ2v) is 8.75. The van der Waals surface area contributed by atoms with Crippen molar-refractivity contribution in [3.05, 3.63) is 18.2 Å². The first-order chi connectivity index (χ1) is 13.4. The summed E-state index contributed by atoms with van der Waals surface area (Å²) in [6.07, 6.45) is 3.07. The van der Waals surface area contributed by atoms with Crippen LogP contribution in [0.25, 0.3) is 0 Å². The average molecular weight is 412 g/mol. The quantitative estimate of drug-likeness (QED) is 0.599. The van der Waals surface area contributed by atoms with Crippen LogP contribution in [0.1, 0.15) is 46.5 Å². The lowest BCUT2D eigenvalue weighted by Crippen LogP contribution is -2.35. The fraction of sp³-hybridized carbons (Fsp3) is 0.650. The summed E-state index contributed by atoms with van der Waals surface area (Å²) in [6.45, 7) is 9.46. The molecule has 0 aromatic heterocycles. The molecule has 158 valence electrons. The number of anilines is 2. The summed E-state index contributed by atoms with van der Waals surface area (Å²) in [5.74, 6) is -0.186. The summed E-state index contributed by atoms with van der Waals surface area (Å²) in [6, 6.07) is 5.03. The number of nitrogens with one attached hydrogen (secondary N) is 1. The van der Waals surface area contributed by atoms with Gasteiger partial charge in [-0.1, -0.05) is 6.42 Å². The lowest BCUT2D eigenvalue weighted by atomic mass is 10.2. The van der Waals surface area contributed by atoms with Crippen molar-refractivity contribution in [2.75, 3.05) is 49.6 Å². The molecule has 1 aliphatic heterocycles. The summed E-state index contributed by atoms with van der Waals surface area (Å²) in [5.41, 5.74) is 1.36. The van der Waals surface area contributed by atoms with E-state index >= 15 is 0 Å². The maximum absolute atomic E-state index is 13.0. The van der Waals surface area contributed by atoms with Gasteiger partial charge in [0.05, 0.1) is 29.3 Å². The number of hydrogen-bond acceptors (Lipinski definition) is 5. The number of sulfonamides is 1. The van der Waals surface area contributed by atoms with Crippen molar-refractivity contribution >= 4 is 27.3 Å². The van der Waals surface area contributed by atoms with Crippen LogP contribution in [-0.2, 0) is 19.6 Å². The van der Waals surface area contributed by atoms with Crippen molar-refractivity contribution in [1.29, 1.82) is 0 Å². The molecular formula is C20H33N3O4S. The van der Waals surface area contributed by atoms with Crippen molar-refractivity contribution in [2.45, 2.75) is 51.3 Å². The zero-order valence-electron chi connectivity index (χ0n) is 17.2. The molecule has 0 unspecified atom stereocenters. The van der Waals surface area contributed by atoms with Gasteiger partial charge in [0, 0.05) is 32.8 Å². The van der Waals surface area contributed by atoms with Gasteiger partial charge >= 0.3 is 0 Å². The summed E-state index contributed by atoms with van der Waals surface area (Å²) in [7, 11) is -3.56. The molecule has 1 saturated heterocycles. The zero-order chi connectivity index (χ0) is 20.6. The van der Waals surface area contributed by atoms with Gasteiger partial charge in [-0.25, -0.2) is 8.42 Å². The second-order valence-electron chi connectivity index (χ2n) is 6.81. The largest absolute Gasteiger partial charge is 0.381 e. The Morgan fingerprint density at radius 1 is 1.14 bits per heavy atom. The monoisotopic (exact) mass is 411 g/mol. The Morgan fingerprint density at radius 3 is 2.43 bits per heavy atom. The number of carbonyl (C=O) groups excluding carboxylic acids is 1. The van der Waals surface area contributed by atoms with Crippen molar-refractivity contribution in [3.8, 4) is 0 Å². The molecule has 1 aromatic rings. The number of hydrogen-bond donors (Lipinski definition) is 1. The SMILES string of the molecule is CCOCCC(=O)Nc1cc(S(=O)(=O)N2CCCCC2)ccc1N(CC)CC. The van der Waals surface area contributed by atoms with Crippen LogP contribution in [-0.4, -0.2) is 58.0 Å². The summed E-state index contributed by atoms with van der Waals surface area (Å²) >= 11 is 0. The minimum absolute atomic E-state index is 0.186. The van der Waals surface area contributed by atoms with Crippen LogP contribution in [0.3, 0.4) is 0 Å². The zero-order valence-corrected chi connectivity index (χ0v) is 18.1. The van der Waals surface area contributed by atoms with Crippen LogP contribution in [0.2, 0.25) is 0 Å². The molecule has 0 bridgehead atoms. The number of amides is 1. The van der Waals surface area contributed by atoms with E-state index in [2.05, 4.69) is 10.2 Å². The normalized spacial score (nSPS) is 15.4. The summed E-state index contributed by atoms with van der Waals surface area (Å²) < 4.78 is 32.9. The number of ether oxygens (including phenoxy) is 1. The van der Waals surface area contributed by atoms with Crippen LogP contribution in [0.5, 0.6) is 0 Å². The summed E-state index contributed by atoms with van der Waals surface area (Å²) in [4.78, 5) is 14.7. The predicted octanol–water partition coefficient (Wildman–Crippen LogP) is 3.07. The highest BCUT2D eigenvalue weighted by Crippen LogP contribution is 2.31. The Hall–Kier alpha value is -1.64. The van der Waals surface area contributed by atoms with E-state index in [4.69, 9.17) is 4.74 Å². The molecule has 2 rings (SSSR count). The highest BCUT2D eigenvalue weighted by atomic mass is 32.2. The molecule has 1 N–H and O–H groups in total. The van der Waals surface area contributed by atoms with E-state index in [-0.39, 0.29) is 17.2 Å². The van der Waals surface area contributed by atoms with E-state index in [1.165, 1.54) is 0 Å². The van der Waals surface area contributed by atoms with E-state index in [0.717, 1.165) is 38.0 Å². The van der Waals surface area contributed by atoms with Crippen LogP contribution in [0, 0.1) is 0 Å². The van der Waals surface area contributed by atoms with Gasteiger partial charge in [-0.3, -0.25) is 4.79 Å². The maximum atomic E-state index is 13.0. The Kier molecular flexibility index (Phi) is 8.72. The standard InChI is InChI=1S/C20H33N3O4S/c1-4-22(5-2)19-11-10-17(28(25,26)23-13-8-7-9-14-23)16-18(19)21-20(24)12-15-27-6-3/h10-11,16H,4-9,12-15H2,1-3H3,(H,21,24). The summed E-state index contributed by atoms with van der Waals surface area (Å²) in [5, 5.41) is 2.89. The van der Waals surface area contributed by atoms with E-state index in [0.29, 0.717) is 32.0 Å². The molecule has 1 aromatic carbocycles. The number of carbonyl (C=O) groups is 1. The molecule has 1 fully saturated rings. The topological polar surface area (TPSA) is 78.9 Å². The lowest BCUT2D eigenvalue weighted by molar-refractivity contribution is -0.117. The molecular weight excluding hydrogens is 378 g/mol. The first-order valence-electron chi connectivity index (χ1n) is 10.2. The van der Waals surface area contributed by atoms with E-state index in [9.17, 15) is 13.2 Å². The van der Waals surface area contributed by atoms with Crippen LogP contribution in [0.15, 0.2) is 23.1 Å².